The van der Waals surface area contributed by atoms with Crippen LogP contribution in [0.5, 0.6) is 17.2 Å². The van der Waals surface area contributed by atoms with E-state index in [0.29, 0.717) is 33.6 Å². The van der Waals surface area contributed by atoms with Gasteiger partial charge >= 0.3 is 5.97 Å². The van der Waals surface area contributed by atoms with E-state index in [1.165, 1.54) is 31.3 Å². The van der Waals surface area contributed by atoms with Gasteiger partial charge in [0.1, 0.15) is 17.2 Å². The minimum Gasteiger partial charge on any atom is -0.495 e. The van der Waals surface area contributed by atoms with E-state index in [4.69, 9.17) is 30.5 Å². The molecule has 0 spiro atoms. The van der Waals surface area contributed by atoms with Crippen LogP contribution < -0.4 is 24.4 Å². The number of para-hydroxylation sites is 2. The molecule has 1 aliphatic heterocycles. The van der Waals surface area contributed by atoms with Crippen LogP contribution in [-0.2, 0) is 19.1 Å². The molecule has 170 valence electrons. The summed E-state index contributed by atoms with van der Waals surface area (Å²) in [5.41, 5.74) is 0.907. The van der Waals surface area contributed by atoms with Crippen LogP contribution in [0.25, 0.3) is 0 Å². The second-order valence-corrected chi connectivity index (χ2v) is 7.27. The molecule has 0 aromatic heterocycles. The first-order valence-electron chi connectivity index (χ1n) is 9.78. The molecule has 3 rings (SSSR count). The van der Waals surface area contributed by atoms with Gasteiger partial charge in [0, 0.05) is 18.7 Å². The molecule has 1 aliphatic rings. The highest BCUT2D eigenvalue weighted by atomic mass is 35.5. The predicted molar refractivity (Wildman–Crippen MR) is 118 cm³/mol. The Kier molecular flexibility index (Phi) is 7.42. The molecule has 0 fully saturated rings. The Morgan fingerprint density at radius 2 is 1.88 bits per heavy atom. The molecule has 1 N–H and O–H groups in total. The van der Waals surface area contributed by atoms with Crippen LogP contribution in [0.1, 0.15) is 13.3 Å². The number of anilines is 2. The van der Waals surface area contributed by atoms with Crippen molar-refractivity contribution in [2.24, 2.45) is 0 Å². The zero-order valence-corrected chi connectivity index (χ0v) is 18.6. The van der Waals surface area contributed by atoms with Gasteiger partial charge in [0.05, 0.1) is 37.0 Å². The van der Waals surface area contributed by atoms with Crippen molar-refractivity contribution in [3.05, 3.63) is 41.4 Å². The van der Waals surface area contributed by atoms with Crippen LogP contribution >= 0.6 is 11.6 Å². The topological polar surface area (TPSA) is 103 Å². The standard InChI is InChI=1S/C22H23ClN2O7/c1-13-22(28)25(16-6-4-5-7-17(16)32-13)9-8-21(27)31-12-20(26)24-15-11-18(29-2)14(23)10-19(15)30-3/h4-7,10-11,13H,8-9,12H2,1-3H3,(H,24,26). The average molecular weight is 463 g/mol. The van der Waals surface area contributed by atoms with Gasteiger partial charge in [-0.15, -0.1) is 0 Å². The lowest BCUT2D eigenvalue weighted by Gasteiger charge is -2.32. The van der Waals surface area contributed by atoms with Crippen LogP contribution in [0.2, 0.25) is 5.02 Å². The number of methoxy groups -OCH3 is 2. The van der Waals surface area contributed by atoms with Gasteiger partial charge in [-0.05, 0) is 19.1 Å². The molecular formula is C22H23ClN2O7. The van der Waals surface area contributed by atoms with Crippen molar-refractivity contribution < 1.29 is 33.3 Å². The number of nitrogens with zero attached hydrogens (tertiary/aromatic N) is 1. The third-order valence-corrected chi connectivity index (χ3v) is 5.02. The fourth-order valence-electron chi connectivity index (χ4n) is 3.16. The minimum atomic E-state index is -0.655. The van der Waals surface area contributed by atoms with Crippen LogP contribution in [0, 0.1) is 0 Å². The Morgan fingerprint density at radius 1 is 1.16 bits per heavy atom. The number of carbonyl (C=O) groups is 3. The molecule has 10 heteroatoms. The molecule has 1 atom stereocenters. The van der Waals surface area contributed by atoms with Crippen molar-refractivity contribution in [3.8, 4) is 17.2 Å². The van der Waals surface area contributed by atoms with E-state index in [9.17, 15) is 14.4 Å². The first-order chi connectivity index (χ1) is 15.3. The first-order valence-corrected chi connectivity index (χ1v) is 10.2. The smallest absolute Gasteiger partial charge is 0.308 e. The molecule has 2 amide bonds. The molecule has 32 heavy (non-hydrogen) atoms. The molecule has 0 aliphatic carbocycles. The van der Waals surface area contributed by atoms with Crippen molar-refractivity contribution in [3.63, 3.8) is 0 Å². The molecule has 0 bridgehead atoms. The number of nitrogens with one attached hydrogen (secondary N) is 1. The number of halogens is 1. The fraction of sp³-hybridized carbons (Fsp3) is 0.318. The summed E-state index contributed by atoms with van der Waals surface area (Å²) < 4.78 is 20.9. The van der Waals surface area contributed by atoms with E-state index in [2.05, 4.69) is 5.32 Å². The van der Waals surface area contributed by atoms with Gasteiger partial charge in [-0.2, -0.15) is 0 Å². The van der Waals surface area contributed by atoms with E-state index >= 15 is 0 Å². The van der Waals surface area contributed by atoms with Gasteiger partial charge in [-0.1, -0.05) is 23.7 Å². The van der Waals surface area contributed by atoms with E-state index in [1.54, 1.807) is 31.2 Å². The summed E-state index contributed by atoms with van der Waals surface area (Å²) in [6, 6.07) is 10.1. The molecule has 0 radical (unpaired) electrons. The average Bonchev–Trinajstić information content (AvgIpc) is 2.78. The quantitative estimate of drug-likeness (QED) is 0.601. The van der Waals surface area contributed by atoms with Gasteiger partial charge in [-0.25, -0.2) is 0 Å². The lowest BCUT2D eigenvalue weighted by Crippen LogP contribution is -2.45. The molecule has 0 saturated heterocycles. The molecule has 2 aromatic carbocycles. The summed E-state index contributed by atoms with van der Waals surface area (Å²) in [5.74, 6) is -0.191. The number of hydrogen-bond acceptors (Lipinski definition) is 7. The maximum Gasteiger partial charge on any atom is 0.308 e. The summed E-state index contributed by atoms with van der Waals surface area (Å²) in [7, 11) is 2.87. The lowest BCUT2D eigenvalue weighted by molar-refractivity contribution is -0.147. The third kappa shape index (κ3) is 5.23. The van der Waals surface area contributed by atoms with Crippen molar-refractivity contribution >= 4 is 40.8 Å². The van der Waals surface area contributed by atoms with Crippen molar-refractivity contribution in [2.45, 2.75) is 19.4 Å². The Hall–Kier alpha value is -3.46. The number of fused-ring (bicyclic) bond motifs is 1. The Morgan fingerprint density at radius 3 is 2.59 bits per heavy atom. The van der Waals surface area contributed by atoms with Gasteiger partial charge in [0.25, 0.3) is 11.8 Å². The monoisotopic (exact) mass is 462 g/mol. The van der Waals surface area contributed by atoms with Crippen LogP contribution in [0.4, 0.5) is 11.4 Å². The SMILES string of the molecule is COc1cc(NC(=O)COC(=O)CCN2C(=O)C(C)Oc3ccccc32)c(OC)cc1Cl. The van der Waals surface area contributed by atoms with Crippen molar-refractivity contribution in [1.29, 1.82) is 0 Å². The minimum absolute atomic E-state index is 0.0852. The normalized spacial score (nSPS) is 14.8. The number of carbonyl (C=O) groups excluding carboxylic acids is 3. The second kappa shape index (κ2) is 10.2. The third-order valence-electron chi connectivity index (χ3n) is 4.73. The number of hydrogen-bond donors (Lipinski definition) is 1. The van der Waals surface area contributed by atoms with Crippen LogP contribution in [0.3, 0.4) is 0 Å². The lowest BCUT2D eigenvalue weighted by atomic mass is 10.2. The zero-order valence-electron chi connectivity index (χ0n) is 17.8. The van der Waals surface area contributed by atoms with Gasteiger partial charge in [0.2, 0.25) is 0 Å². The highest BCUT2D eigenvalue weighted by Crippen LogP contribution is 2.36. The number of rotatable bonds is 8. The molecule has 0 saturated carbocycles. The van der Waals surface area contributed by atoms with Crippen molar-refractivity contribution in [2.75, 3.05) is 37.6 Å². The molecule has 1 heterocycles. The largest absolute Gasteiger partial charge is 0.495 e. The number of amides is 2. The first kappa shape index (κ1) is 23.2. The summed E-state index contributed by atoms with van der Waals surface area (Å²) in [6.07, 6.45) is -0.740. The molecule has 1 unspecified atom stereocenters. The predicted octanol–water partition coefficient (Wildman–Crippen LogP) is 3.04. The van der Waals surface area contributed by atoms with Gasteiger partial charge < -0.3 is 29.2 Å². The number of benzene rings is 2. The maximum absolute atomic E-state index is 12.5. The summed E-state index contributed by atoms with van der Waals surface area (Å²) >= 11 is 6.05. The zero-order chi connectivity index (χ0) is 23.3. The molecule has 9 nitrogen and oxygen atoms in total. The number of ether oxygens (including phenoxy) is 4. The van der Waals surface area contributed by atoms with Crippen LogP contribution in [-0.4, -0.2) is 51.3 Å². The summed E-state index contributed by atoms with van der Waals surface area (Å²) in [5, 5.41) is 2.91. The van der Waals surface area contributed by atoms with E-state index in [1.807, 2.05) is 0 Å². The maximum atomic E-state index is 12.5. The van der Waals surface area contributed by atoms with Gasteiger partial charge in [-0.3, -0.25) is 14.4 Å². The fourth-order valence-corrected chi connectivity index (χ4v) is 3.39. The summed E-state index contributed by atoms with van der Waals surface area (Å²) in [6.45, 7) is 1.25. The number of esters is 1. The van der Waals surface area contributed by atoms with Crippen LogP contribution in [0.15, 0.2) is 36.4 Å². The van der Waals surface area contributed by atoms with E-state index < -0.39 is 24.6 Å². The Bertz CT molecular complexity index is 1030. The Labute approximate surface area is 190 Å². The van der Waals surface area contributed by atoms with Crippen molar-refractivity contribution in [1.82, 2.24) is 0 Å². The van der Waals surface area contributed by atoms with Gasteiger partial charge in [0.15, 0.2) is 12.7 Å². The highest BCUT2D eigenvalue weighted by molar-refractivity contribution is 6.32. The Balaban J connectivity index is 1.55. The molecule has 2 aromatic rings. The van der Waals surface area contributed by atoms with E-state index in [-0.39, 0.29) is 18.9 Å². The summed E-state index contributed by atoms with van der Waals surface area (Å²) in [4.78, 5) is 38.4. The molecular weight excluding hydrogens is 440 g/mol. The second-order valence-electron chi connectivity index (χ2n) is 6.86. The highest BCUT2D eigenvalue weighted by Gasteiger charge is 2.31. The van der Waals surface area contributed by atoms with E-state index in [0.717, 1.165) is 0 Å².